The number of amides is 4. The largest absolute Gasteiger partial charge is 0.388 e. The number of anilines is 2. The first-order chi connectivity index (χ1) is 22.4. The SMILES string of the molecule is CN1C(=O)[C@@]2(S)[C@@H](O)[C@]3([C@@]45c6cc(F)ccc6NC4N4C(=O)[C@]6(C)SS[C@]4(C(=O)N6C)[C@H]5O)c4cc(F)ccc4N[C@@H]3N2C(=O)[C@]1(C)S. The molecule has 18 heteroatoms. The highest BCUT2D eigenvalue weighted by Gasteiger charge is 2.91. The number of carbonyl (C=O) groups excluding carboxylic acids is 4. The number of aliphatic hydroxyl groups excluding tert-OH is 2. The Labute approximate surface area is 291 Å². The average molecular weight is 735 g/mol. The highest BCUT2D eigenvalue weighted by molar-refractivity contribution is 8.78. The molecule has 6 saturated heterocycles. The van der Waals surface area contributed by atoms with Crippen LogP contribution in [0.5, 0.6) is 0 Å². The van der Waals surface area contributed by atoms with Gasteiger partial charge in [0.05, 0.1) is 10.8 Å². The van der Waals surface area contributed by atoms with Gasteiger partial charge in [0, 0.05) is 25.5 Å². The summed E-state index contributed by atoms with van der Waals surface area (Å²) >= 11 is 9.33. The van der Waals surface area contributed by atoms with Crippen molar-refractivity contribution in [1.29, 1.82) is 0 Å². The molecule has 4 N–H and O–H groups in total. The second kappa shape index (κ2) is 8.69. The molecule has 2 bridgehead atoms. The van der Waals surface area contributed by atoms with Crippen LogP contribution in [0, 0.1) is 11.6 Å². The lowest BCUT2D eigenvalue weighted by atomic mass is 9.52. The zero-order chi connectivity index (χ0) is 34.5. The maximum atomic E-state index is 15.5. The fourth-order valence-corrected chi connectivity index (χ4v) is 13.8. The van der Waals surface area contributed by atoms with Crippen molar-refractivity contribution >= 4 is 81.8 Å². The minimum atomic E-state index is -2.34. The van der Waals surface area contributed by atoms with Crippen LogP contribution in [0.4, 0.5) is 20.2 Å². The molecule has 8 heterocycles. The summed E-state index contributed by atoms with van der Waals surface area (Å²) < 4.78 is 31.0. The molecule has 0 saturated carbocycles. The van der Waals surface area contributed by atoms with Crippen LogP contribution in [0.2, 0.25) is 0 Å². The Morgan fingerprint density at radius 3 is 1.81 bits per heavy atom. The Hall–Kier alpha value is -2.90. The number of hydrogen-bond donors (Lipinski definition) is 6. The van der Waals surface area contributed by atoms with Gasteiger partial charge in [-0.15, -0.1) is 25.3 Å². The predicted molar refractivity (Wildman–Crippen MR) is 178 cm³/mol. The van der Waals surface area contributed by atoms with E-state index >= 15 is 8.78 Å². The molecule has 10 rings (SSSR count). The fourth-order valence-electron chi connectivity index (χ4n) is 9.50. The van der Waals surface area contributed by atoms with Gasteiger partial charge >= 0.3 is 0 Å². The number of rotatable bonds is 1. The van der Waals surface area contributed by atoms with Crippen molar-refractivity contribution in [3.63, 3.8) is 0 Å². The minimum Gasteiger partial charge on any atom is -0.388 e. The third-order valence-corrected chi connectivity index (χ3v) is 16.8. The molecule has 1 unspecified atom stereocenters. The van der Waals surface area contributed by atoms with Crippen LogP contribution in [0.25, 0.3) is 0 Å². The highest BCUT2D eigenvalue weighted by Crippen LogP contribution is 2.76. The van der Waals surface area contributed by atoms with Gasteiger partial charge < -0.3 is 30.6 Å². The molecule has 0 aliphatic carbocycles. The molecule has 48 heavy (non-hydrogen) atoms. The molecule has 6 fully saturated rings. The topological polar surface area (TPSA) is 146 Å². The van der Waals surface area contributed by atoms with Crippen LogP contribution in [0.15, 0.2) is 36.4 Å². The fraction of sp³-hybridized carbons (Fsp3) is 0.467. The predicted octanol–water partition coefficient (Wildman–Crippen LogP) is 1.07. The summed E-state index contributed by atoms with van der Waals surface area (Å²) in [5.41, 5.74) is -3.68. The molecule has 2 aromatic carbocycles. The van der Waals surface area contributed by atoms with E-state index in [0.29, 0.717) is 0 Å². The quantitative estimate of drug-likeness (QED) is 0.186. The summed E-state index contributed by atoms with van der Waals surface area (Å²) in [6.45, 7) is 2.99. The van der Waals surface area contributed by atoms with Crippen LogP contribution < -0.4 is 10.6 Å². The van der Waals surface area contributed by atoms with E-state index in [-0.39, 0.29) is 22.5 Å². The molecule has 2 aromatic rings. The van der Waals surface area contributed by atoms with Gasteiger partial charge in [0.15, 0.2) is 14.6 Å². The summed E-state index contributed by atoms with van der Waals surface area (Å²) in [4.78, 5) is 55.1. The van der Waals surface area contributed by atoms with E-state index in [4.69, 9.17) is 12.6 Å². The molecule has 8 aliphatic heterocycles. The van der Waals surface area contributed by atoms with Crippen molar-refractivity contribution in [1.82, 2.24) is 19.6 Å². The van der Waals surface area contributed by atoms with Crippen molar-refractivity contribution in [2.75, 3.05) is 24.7 Å². The number of halogens is 2. The van der Waals surface area contributed by atoms with Crippen molar-refractivity contribution in [3.8, 4) is 0 Å². The van der Waals surface area contributed by atoms with Crippen LogP contribution in [-0.2, 0) is 30.0 Å². The maximum Gasteiger partial charge on any atom is 0.264 e. The third kappa shape index (κ3) is 2.74. The summed E-state index contributed by atoms with van der Waals surface area (Å²) in [6, 6.07) is 7.42. The van der Waals surface area contributed by atoms with E-state index in [1.54, 1.807) is 6.92 Å². The highest BCUT2D eigenvalue weighted by atomic mass is 33.1. The number of fused-ring (bicyclic) bond motifs is 11. The molecule has 0 aromatic heterocycles. The standard InChI is InChI=1S/C30H28F2N6O6S4/c1-25(45)21(41)37-19-27(13-9-11(31)5-7-15(13)33-19,17(39)29(37,46)23(43)35(25)3)28-14-10-12(32)6-8-16(14)34-20(28)38-22(42)26(2)36(4)24(44)30(38,18(28)40)48-47-26/h5-10,17-20,33-34,39-40,45-46H,1-4H3/t17-,18-,19+,20?,25-,26-,27+,28+,29-,30-/m0/s1. The van der Waals surface area contributed by atoms with Gasteiger partial charge in [-0.25, -0.2) is 8.78 Å². The van der Waals surface area contributed by atoms with Crippen molar-refractivity contribution in [3.05, 3.63) is 59.2 Å². The number of piperazine rings is 2. The number of carbonyl (C=O) groups is 4. The lowest BCUT2D eigenvalue weighted by molar-refractivity contribution is -0.166. The number of likely N-dealkylation sites (N-methyl/N-ethyl adjacent to an activating group) is 2. The van der Waals surface area contributed by atoms with E-state index in [9.17, 15) is 29.4 Å². The van der Waals surface area contributed by atoms with Gasteiger partial charge in [-0.2, -0.15) is 0 Å². The second-order valence-corrected chi connectivity index (χ2v) is 18.0. The van der Waals surface area contributed by atoms with Crippen molar-refractivity contribution < 1.29 is 38.2 Å². The smallest absolute Gasteiger partial charge is 0.264 e. The molecule has 1 spiro atoms. The number of nitrogens with zero attached hydrogens (tertiary/aromatic N) is 4. The second-order valence-electron chi connectivity index (χ2n) is 13.7. The maximum absolute atomic E-state index is 15.5. The van der Waals surface area contributed by atoms with Crippen LogP contribution in [-0.4, -0.2) is 112 Å². The first kappa shape index (κ1) is 31.1. The summed E-state index contributed by atoms with van der Waals surface area (Å²) in [6.07, 6.45) is -6.84. The van der Waals surface area contributed by atoms with Crippen LogP contribution in [0.3, 0.4) is 0 Å². The van der Waals surface area contributed by atoms with Gasteiger partial charge in [0.25, 0.3) is 23.6 Å². The number of thiol groups is 2. The normalized spacial score (nSPS) is 44.7. The Kier molecular flexibility index (Phi) is 5.63. The van der Waals surface area contributed by atoms with Crippen molar-refractivity contribution in [2.45, 2.75) is 68.7 Å². The van der Waals surface area contributed by atoms with Crippen molar-refractivity contribution in [2.24, 2.45) is 0 Å². The number of benzene rings is 2. The Morgan fingerprint density at radius 2 is 1.25 bits per heavy atom. The first-order valence-corrected chi connectivity index (χ1v) is 18.0. The molecular formula is C30H28F2N6O6S4. The van der Waals surface area contributed by atoms with Gasteiger partial charge in [0.1, 0.15) is 36.2 Å². The minimum absolute atomic E-state index is 0.0396. The lowest BCUT2D eigenvalue weighted by Gasteiger charge is -2.58. The Balaban J connectivity index is 1.45. The zero-order valence-electron chi connectivity index (χ0n) is 25.6. The molecular weight excluding hydrogens is 707 g/mol. The summed E-state index contributed by atoms with van der Waals surface area (Å²) in [5.74, 6) is -4.22. The van der Waals surface area contributed by atoms with Crippen LogP contribution in [0.1, 0.15) is 25.0 Å². The Morgan fingerprint density at radius 1 is 0.729 bits per heavy atom. The monoisotopic (exact) mass is 734 g/mol. The molecule has 8 aliphatic rings. The zero-order valence-corrected chi connectivity index (χ0v) is 29.0. The summed E-state index contributed by atoms with van der Waals surface area (Å²) in [7, 11) is 4.85. The average Bonchev–Trinajstić information content (AvgIpc) is 3.67. The molecule has 10 atom stereocenters. The van der Waals surface area contributed by atoms with E-state index in [0.717, 1.165) is 43.5 Å². The van der Waals surface area contributed by atoms with Gasteiger partial charge in [-0.3, -0.25) is 29.0 Å². The Bertz CT molecular complexity index is 1970. The van der Waals surface area contributed by atoms with Gasteiger partial charge in [-0.05, 0) is 72.2 Å². The van der Waals surface area contributed by atoms with E-state index in [1.807, 2.05) is 0 Å². The number of aliphatic hydroxyl groups is 2. The lowest BCUT2D eigenvalue weighted by Crippen LogP contribution is -2.77. The van der Waals surface area contributed by atoms with Crippen LogP contribution >= 0.6 is 46.8 Å². The van der Waals surface area contributed by atoms with E-state index in [2.05, 4.69) is 23.3 Å². The van der Waals surface area contributed by atoms with Gasteiger partial charge in [-0.1, -0.05) is 10.8 Å². The summed E-state index contributed by atoms with van der Waals surface area (Å²) in [5, 5.41) is 32.7. The first-order valence-electron chi connectivity index (χ1n) is 15.0. The molecule has 4 amide bonds. The molecule has 12 nitrogen and oxygen atoms in total. The third-order valence-electron chi connectivity index (χ3n) is 11.9. The molecule has 0 radical (unpaired) electrons. The van der Waals surface area contributed by atoms with E-state index in [1.165, 1.54) is 55.1 Å². The van der Waals surface area contributed by atoms with Gasteiger partial charge in [0.2, 0.25) is 4.87 Å². The number of nitrogens with one attached hydrogen (secondary N) is 2. The molecule has 252 valence electrons. The van der Waals surface area contributed by atoms with E-state index < -0.39 is 90.1 Å². The number of hydrogen-bond acceptors (Lipinski definition) is 12.